The van der Waals surface area contributed by atoms with Gasteiger partial charge < -0.3 is 9.13 Å². The molecule has 0 unspecified atom stereocenters. The highest BCUT2D eigenvalue weighted by Gasteiger charge is 2.24. The van der Waals surface area contributed by atoms with Crippen LogP contribution in [0.25, 0.3) is 111 Å². The summed E-state index contributed by atoms with van der Waals surface area (Å²) in [4.78, 5) is 0. The average molecular weight is 895 g/mol. The highest BCUT2D eigenvalue weighted by Crippen LogP contribution is 2.44. The minimum absolute atomic E-state index is 0.523. The third kappa shape index (κ3) is 7.23. The predicted molar refractivity (Wildman–Crippen MR) is 291 cm³/mol. The van der Waals surface area contributed by atoms with E-state index in [0.29, 0.717) is 11.1 Å². The van der Waals surface area contributed by atoms with E-state index in [9.17, 15) is 10.5 Å². The van der Waals surface area contributed by atoms with Crippen LogP contribution in [0.2, 0.25) is 0 Å². The standard InChI is InChI=1S/C66H46N4/c1-41-8-16-46(17-9-41)50-24-28-56-57-29-25-51(47-18-10-42(2)11-19-47)34-63(57)69(62(56)33-50)61-38-60(54-7-5-6-45(32-54)39-67)66(37-55(61)40-68)70-64-35-52(48-20-12-43(3)13-21-48)26-30-58(64)59-31-27-53(36-65(59)70)49-22-14-44(4)15-23-49/h5-38H,1-4H3. The maximum atomic E-state index is 11.6. The Morgan fingerprint density at radius 3 is 0.986 bits per heavy atom. The lowest BCUT2D eigenvalue weighted by Crippen LogP contribution is -2.04. The lowest BCUT2D eigenvalue weighted by atomic mass is 9.97. The number of fused-ring (bicyclic) bond motifs is 6. The van der Waals surface area contributed by atoms with Crippen LogP contribution in [-0.2, 0) is 0 Å². The van der Waals surface area contributed by atoms with Crippen LogP contribution in [0.15, 0.2) is 206 Å². The van der Waals surface area contributed by atoms with Crippen molar-refractivity contribution in [2.45, 2.75) is 27.7 Å². The summed E-state index contributed by atoms with van der Waals surface area (Å²) in [5.74, 6) is 0. The number of rotatable bonds is 7. The largest absolute Gasteiger partial charge is 0.309 e. The van der Waals surface area contributed by atoms with Gasteiger partial charge in [0.1, 0.15) is 6.07 Å². The molecule has 0 amide bonds. The molecule has 0 aliphatic rings. The van der Waals surface area contributed by atoms with E-state index >= 15 is 0 Å². The van der Waals surface area contributed by atoms with Crippen molar-refractivity contribution in [1.29, 1.82) is 10.5 Å². The van der Waals surface area contributed by atoms with Crippen molar-refractivity contribution in [3.8, 4) is 79.1 Å². The number of nitriles is 2. The SMILES string of the molecule is Cc1ccc(-c2ccc3c4ccc(-c5ccc(C)cc5)cc4n(-c4cc(-c5cccc(C#N)c5)c(-n5c6cc(-c7ccc(C)cc7)ccc6c6ccc(-c7ccc(C)cc7)cc65)cc4C#N)c3c2)cc1. The van der Waals surface area contributed by atoms with Crippen molar-refractivity contribution < 1.29 is 0 Å². The normalized spacial score (nSPS) is 11.4. The molecular weight excluding hydrogens is 849 g/mol. The van der Waals surface area contributed by atoms with Crippen LogP contribution in [0.4, 0.5) is 0 Å². The first-order valence-electron chi connectivity index (χ1n) is 23.8. The van der Waals surface area contributed by atoms with Gasteiger partial charge in [-0.3, -0.25) is 0 Å². The van der Waals surface area contributed by atoms with Crippen LogP contribution < -0.4 is 0 Å². The van der Waals surface area contributed by atoms with Crippen LogP contribution in [0, 0.1) is 50.4 Å². The highest BCUT2D eigenvalue weighted by atomic mass is 15.0. The van der Waals surface area contributed by atoms with E-state index in [1.54, 1.807) is 0 Å². The van der Waals surface area contributed by atoms with E-state index in [1.807, 2.05) is 18.2 Å². The van der Waals surface area contributed by atoms with E-state index in [4.69, 9.17) is 0 Å². The maximum absolute atomic E-state index is 11.6. The van der Waals surface area contributed by atoms with Gasteiger partial charge in [-0.2, -0.15) is 10.5 Å². The average Bonchev–Trinajstić information content (AvgIpc) is 3.90. The second kappa shape index (κ2) is 16.8. The van der Waals surface area contributed by atoms with Crippen molar-refractivity contribution in [3.05, 3.63) is 240 Å². The lowest BCUT2D eigenvalue weighted by molar-refractivity contribution is 1.14. The molecule has 0 radical (unpaired) electrons. The Morgan fingerprint density at radius 2 is 0.643 bits per heavy atom. The number of benzene rings is 10. The van der Waals surface area contributed by atoms with Crippen LogP contribution >= 0.6 is 0 Å². The molecule has 0 saturated heterocycles. The minimum Gasteiger partial charge on any atom is -0.309 e. The van der Waals surface area contributed by atoms with Crippen molar-refractivity contribution in [1.82, 2.24) is 9.13 Å². The first-order chi connectivity index (χ1) is 34.2. The molecule has 0 aliphatic carbocycles. The molecular formula is C66H46N4. The van der Waals surface area contributed by atoms with Gasteiger partial charge in [-0.15, -0.1) is 0 Å². The van der Waals surface area contributed by atoms with Crippen LogP contribution in [0.3, 0.4) is 0 Å². The van der Waals surface area contributed by atoms with Gasteiger partial charge in [-0.25, -0.2) is 0 Å². The Hall–Kier alpha value is -9.22. The first-order valence-corrected chi connectivity index (χ1v) is 23.8. The molecule has 2 aromatic heterocycles. The smallest absolute Gasteiger partial charge is 0.101 e. The number of aryl methyl sites for hydroxylation is 4. The summed E-state index contributed by atoms with van der Waals surface area (Å²) < 4.78 is 4.63. The van der Waals surface area contributed by atoms with Gasteiger partial charge in [-0.1, -0.05) is 180 Å². The number of aromatic nitrogens is 2. The van der Waals surface area contributed by atoms with Crippen molar-refractivity contribution in [2.75, 3.05) is 0 Å². The Balaban J connectivity index is 1.19. The second-order valence-corrected chi connectivity index (χ2v) is 18.8. The molecule has 12 rings (SSSR count). The molecule has 10 aromatic carbocycles. The van der Waals surface area contributed by atoms with Crippen LogP contribution in [-0.4, -0.2) is 9.13 Å². The summed E-state index contributed by atoms with van der Waals surface area (Å²) in [7, 11) is 0. The fraction of sp³-hybridized carbons (Fsp3) is 0.0606. The molecule has 330 valence electrons. The van der Waals surface area contributed by atoms with Crippen molar-refractivity contribution in [2.24, 2.45) is 0 Å². The lowest BCUT2D eigenvalue weighted by Gasteiger charge is -2.19. The number of hydrogen-bond acceptors (Lipinski definition) is 2. The van der Waals surface area contributed by atoms with Crippen LogP contribution in [0.5, 0.6) is 0 Å². The maximum Gasteiger partial charge on any atom is 0.101 e. The Labute approximate surface area is 407 Å². The monoisotopic (exact) mass is 894 g/mol. The second-order valence-electron chi connectivity index (χ2n) is 18.8. The zero-order valence-corrected chi connectivity index (χ0v) is 39.4. The van der Waals surface area contributed by atoms with Gasteiger partial charge in [0.05, 0.1) is 50.6 Å². The summed E-state index contributed by atoms with van der Waals surface area (Å²) in [6, 6.07) is 78.7. The zero-order chi connectivity index (χ0) is 47.6. The Kier molecular flexibility index (Phi) is 10.1. The van der Waals surface area contributed by atoms with Gasteiger partial charge in [0.15, 0.2) is 0 Å². The fourth-order valence-electron chi connectivity index (χ4n) is 10.3. The molecule has 0 aliphatic heterocycles. The topological polar surface area (TPSA) is 57.4 Å². The van der Waals surface area contributed by atoms with E-state index < -0.39 is 0 Å². The number of nitrogens with zero attached hydrogens (tertiary/aromatic N) is 4. The summed E-state index contributed by atoms with van der Waals surface area (Å²) >= 11 is 0. The van der Waals surface area contributed by atoms with E-state index in [2.05, 4.69) is 237 Å². The van der Waals surface area contributed by atoms with Crippen molar-refractivity contribution in [3.63, 3.8) is 0 Å². The molecule has 0 N–H and O–H groups in total. The molecule has 12 aromatic rings. The summed E-state index contributed by atoms with van der Waals surface area (Å²) in [5.41, 5.74) is 22.2. The first kappa shape index (κ1) is 42.2. The third-order valence-electron chi connectivity index (χ3n) is 14.1. The molecule has 4 heteroatoms. The van der Waals surface area contributed by atoms with Gasteiger partial charge in [0.25, 0.3) is 0 Å². The van der Waals surface area contributed by atoms with E-state index in [0.717, 1.165) is 111 Å². The van der Waals surface area contributed by atoms with Gasteiger partial charge in [0, 0.05) is 27.1 Å². The van der Waals surface area contributed by atoms with E-state index in [1.165, 1.54) is 22.3 Å². The molecule has 0 atom stereocenters. The van der Waals surface area contributed by atoms with Gasteiger partial charge in [0.2, 0.25) is 0 Å². The Morgan fingerprint density at radius 1 is 0.300 bits per heavy atom. The third-order valence-corrected chi connectivity index (χ3v) is 14.1. The van der Waals surface area contributed by atoms with E-state index in [-0.39, 0.29) is 0 Å². The van der Waals surface area contributed by atoms with Gasteiger partial charge in [-0.05, 0) is 126 Å². The zero-order valence-electron chi connectivity index (χ0n) is 39.4. The molecule has 0 saturated carbocycles. The molecule has 2 heterocycles. The Bertz CT molecular complexity index is 3930. The molecule has 0 spiro atoms. The molecule has 0 bridgehead atoms. The summed E-state index contributed by atoms with van der Waals surface area (Å²) in [6.45, 7) is 8.44. The number of hydrogen-bond donors (Lipinski definition) is 0. The quantitative estimate of drug-likeness (QED) is 0.160. The predicted octanol–water partition coefficient (Wildman–Crippen LogP) is 17.2. The minimum atomic E-state index is 0.523. The molecule has 0 fully saturated rings. The van der Waals surface area contributed by atoms with Crippen molar-refractivity contribution >= 4 is 43.6 Å². The summed E-state index contributed by atoms with van der Waals surface area (Å²) in [5, 5.41) is 26.3. The van der Waals surface area contributed by atoms with Crippen LogP contribution in [0.1, 0.15) is 33.4 Å². The fourth-order valence-corrected chi connectivity index (χ4v) is 10.3. The highest BCUT2D eigenvalue weighted by molar-refractivity contribution is 6.13. The summed E-state index contributed by atoms with van der Waals surface area (Å²) in [6.07, 6.45) is 0. The van der Waals surface area contributed by atoms with Gasteiger partial charge >= 0.3 is 0 Å². The molecule has 70 heavy (non-hydrogen) atoms. The molecule has 4 nitrogen and oxygen atoms in total.